The van der Waals surface area contributed by atoms with E-state index in [4.69, 9.17) is 5.11 Å². The number of likely N-dealkylation sites (N-methyl/N-ethyl adjacent to an activating group) is 2. The predicted molar refractivity (Wildman–Crippen MR) is 60.2 cm³/mol. The van der Waals surface area contributed by atoms with Crippen LogP contribution in [0.15, 0.2) is 0 Å². The SMILES string of the molecule is CCN(CC(=O)O)CC(=O)N(CC)C1CC1. The van der Waals surface area contributed by atoms with Crippen LogP contribution in [0.3, 0.4) is 0 Å². The maximum absolute atomic E-state index is 11.9. The van der Waals surface area contributed by atoms with Crippen molar-refractivity contribution >= 4 is 11.9 Å². The maximum atomic E-state index is 11.9. The molecule has 0 aromatic carbocycles. The second kappa shape index (κ2) is 5.84. The molecule has 0 bridgehead atoms. The van der Waals surface area contributed by atoms with E-state index in [2.05, 4.69) is 0 Å². The van der Waals surface area contributed by atoms with E-state index in [9.17, 15) is 9.59 Å². The molecule has 0 aliphatic heterocycles. The Morgan fingerprint density at radius 3 is 2.19 bits per heavy atom. The Bertz CT molecular complexity index is 264. The van der Waals surface area contributed by atoms with Gasteiger partial charge < -0.3 is 10.0 Å². The average Bonchev–Trinajstić information content (AvgIpc) is 3.01. The van der Waals surface area contributed by atoms with Crippen molar-refractivity contribution in [2.45, 2.75) is 32.7 Å². The van der Waals surface area contributed by atoms with Gasteiger partial charge in [0, 0.05) is 12.6 Å². The first-order valence-corrected chi connectivity index (χ1v) is 5.82. The minimum absolute atomic E-state index is 0.0492. The van der Waals surface area contributed by atoms with Gasteiger partial charge >= 0.3 is 5.97 Å². The van der Waals surface area contributed by atoms with Crippen LogP contribution in [0.4, 0.5) is 0 Å². The average molecular weight is 228 g/mol. The lowest BCUT2D eigenvalue weighted by Crippen LogP contribution is -2.43. The van der Waals surface area contributed by atoms with Crippen LogP contribution in [0, 0.1) is 0 Å². The summed E-state index contributed by atoms with van der Waals surface area (Å²) in [5, 5.41) is 8.68. The highest BCUT2D eigenvalue weighted by atomic mass is 16.4. The van der Waals surface area contributed by atoms with Gasteiger partial charge in [-0.3, -0.25) is 14.5 Å². The molecule has 0 unspecified atom stereocenters. The third-order valence-corrected chi connectivity index (χ3v) is 2.81. The third kappa shape index (κ3) is 3.81. The minimum Gasteiger partial charge on any atom is -0.480 e. The lowest BCUT2D eigenvalue weighted by Gasteiger charge is -2.24. The molecule has 1 aliphatic rings. The van der Waals surface area contributed by atoms with E-state index in [1.807, 2.05) is 18.7 Å². The van der Waals surface area contributed by atoms with E-state index in [1.165, 1.54) is 0 Å². The summed E-state index contributed by atoms with van der Waals surface area (Å²) in [4.78, 5) is 26.0. The predicted octanol–water partition coefficient (Wildman–Crippen LogP) is 0.404. The second-order valence-electron chi connectivity index (χ2n) is 4.11. The van der Waals surface area contributed by atoms with Gasteiger partial charge in [-0.15, -0.1) is 0 Å². The van der Waals surface area contributed by atoms with E-state index in [-0.39, 0.29) is 19.0 Å². The van der Waals surface area contributed by atoms with Gasteiger partial charge in [0.05, 0.1) is 13.1 Å². The van der Waals surface area contributed by atoms with Crippen molar-refractivity contribution in [3.8, 4) is 0 Å². The van der Waals surface area contributed by atoms with Crippen molar-refractivity contribution in [2.24, 2.45) is 0 Å². The fourth-order valence-corrected chi connectivity index (χ4v) is 1.78. The van der Waals surface area contributed by atoms with Crippen molar-refractivity contribution in [1.82, 2.24) is 9.80 Å². The van der Waals surface area contributed by atoms with Crippen LogP contribution < -0.4 is 0 Å². The van der Waals surface area contributed by atoms with Crippen LogP contribution in [0.5, 0.6) is 0 Å². The Morgan fingerprint density at radius 2 is 1.81 bits per heavy atom. The van der Waals surface area contributed by atoms with Crippen molar-refractivity contribution in [2.75, 3.05) is 26.2 Å². The zero-order valence-electron chi connectivity index (χ0n) is 9.98. The van der Waals surface area contributed by atoms with Gasteiger partial charge in [-0.25, -0.2) is 0 Å². The van der Waals surface area contributed by atoms with Gasteiger partial charge in [0.2, 0.25) is 5.91 Å². The number of aliphatic carboxylic acids is 1. The van der Waals surface area contributed by atoms with E-state index in [0.717, 1.165) is 12.8 Å². The van der Waals surface area contributed by atoms with Gasteiger partial charge in [0.15, 0.2) is 0 Å². The molecule has 92 valence electrons. The van der Waals surface area contributed by atoms with Gasteiger partial charge in [0.25, 0.3) is 0 Å². The molecule has 0 spiro atoms. The minimum atomic E-state index is -0.885. The van der Waals surface area contributed by atoms with E-state index < -0.39 is 5.97 Å². The normalized spacial score (nSPS) is 15.2. The maximum Gasteiger partial charge on any atom is 0.317 e. The van der Waals surface area contributed by atoms with Crippen LogP contribution in [0.2, 0.25) is 0 Å². The molecule has 0 atom stereocenters. The molecular formula is C11H20N2O3. The smallest absolute Gasteiger partial charge is 0.317 e. The summed E-state index contributed by atoms with van der Waals surface area (Å²) in [7, 11) is 0. The highest BCUT2D eigenvalue weighted by Crippen LogP contribution is 2.26. The Hall–Kier alpha value is -1.10. The highest BCUT2D eigenvalue weighted by molar-refractivity contribution is 5.79. The molecule has 1 amide bonds. The summed E-state index contributed by atoms with van der Waals surface area (Å²) in [5.41, 5.74) is 0. The lowest BCUT2D eigenvalue weighted by atomic mass is 10.4. The molecule has 16 heavy (non-hydrogen) atoms. The number of carboxylic acids is 1. The molecular weight excluding hydrogens is 208 g/mol. The van der Waals surface area contributed by atoms with E-state index >= 15 is 0 Å². The first kappa shape index (κ1) is 13.0. The Kier molecular flexibility index (Phi) is 4.73. The first-order valence-electron chi connectivity index (χ1n) is 5.82. The van der Waals surface area contributed by atoms with Crippen LogP contribution >= 0.6 is 0 Å². The summed E-state index contributed by atoms with van der Waals surface area (Å²) in [6, 6.07) is 0.404. The monoisotopic (exact) mass is 228 g/mol. The van der Waals surface area contributed by atoms with Crippen LogP contribution in [-0.4, -0.2) is 59.0 Å². The third-order valence-electron chi connectivity index (χ3n) is 2.81. The highest BCUT2D eigenvalue weighted by Gasteiger charge is 2.31. The molecule has 1 aliphatic carbocycles. The second-order valence-corrected chi connectivity index (χ2v) is 4.11. The summed E-state index contributed by atoms with van der Waals surface area (Å²) < 4.78 is 0. The van der Waals surface area contributed by atoms with Crippen molar-refractivity contribution in [1.29, 1.82) is 0 Å². The van der Waals surface area contributed by atoms with Crippen molar-refractivity contribution < 1.29 is 14.7 Å². The first-order chi connectivity index (χ1) is 7.58. The number of nitrogens with zero attached hydrogens (tertiary/aromatic N) is 2. The van der Waals surface area contributed by atoms with Gasteiger partial charge in [-0.1, -0.05) is 6.92 Å². The molecule has 1 fully saturated rings. The lowest BCUT2D eigenvalue weighted by molar-refractivity contribution is -0.139. The van der Waals surface area contributed by atoms with Crippen LogP contribution in [0.1, 0.15) is 26.7 Å². The number of hydrogen-bond donors (Lipinski definition) is 1. The molecule has 0 radical (unpaired) electrons. The molecule has 5 heteroatoms. The molecule has 1 rings (SSSR count). The summed E-state index contributed by atoms with van der Waals surface area (Å²) in [6.45, 7) is 5.28. The summed E-state index contributed by atoms with van der Waals surface area (Å²) in [5.74, 6) is -0.836. The number of amides is 1. The summed E-state index contributed by atoms with van der Waals surface area (Å²) >= 11 is 0. The molecule has 0 aromatic heterocycles. The fourth-order valence-electron chi connectivity index (χ4n) is 1.78. The van der Waals surface area contributed by atoms with Crippen LogP contribution in [0.25, 0.3) is 0 Å². The zero-order valence-corrected chi connectivity index (χ0v) is 9.98. The Labute approximate surface area is 96.0 Å². The van der Waals surface area contributed by atoms with E-state index in [1.54, 1.807) is 4.90 Å². The fraction of sp³-hybridized carbons (Fsp3) is 0.818. The van der Waals surface area contributed by atoms with Crippen molar-refractivity contribution in [3.05, 3.63) is 0 Å². The molecule has 1 N–H and O–H groups in total. The molecule has 0 aromatic rings. The number of carbonyl (C=O) groups is 2. The topological polar surface area (TPSA) is 60.9 Å². The number of rotatable bonds is 7. The number of carboxylic acid groups (broad SMARTS) is 1. The van der Waals surface area contributed by atoms with Crippen molar-refractivity contribution in [3.63, 3.8) is 0 Å². The Morgan fingerprint density at radius 1 is 1.19 bits per heavy atom. The van der Waals surface area contributed by atoms with Crippen LogP contribution in [-0.2, 0) is 9.59 Å². The molecule has 0 heterocycles. The molecule has 1 saturated carbocycles. The van der Waals surface area contributed by atoms with Gasteiger partial charge in [-0.2, -0.15) is 0 Å². The Balaban J connectivity index is 2.43. The largest absolute Gasteiger partial charge is 0.480 e. The van der Waals surface area contributed by atoms with Gasteiger partial charge in [0.1, 0.15) is 0 Å². The number of carbonyl (C=O) groups excluding carboxylic acids is 1. The summed E-state index contributed by atoms with van der Waals surface area (Å²) in [6.07, 6.45) is 2.18. The quantitative estimate of drug-likeness (QED) is 0.685. The van der Waals surface area contributed by atoms with Gasteiger partial charge in [-0.05, 0) is 26.3 Å². The molecule has 0 saturated heterocycles. The van der Waals surface area contributed by atoms with E-state index in [0.29, 0.717) is 19.1 Å². The number of hydrogen-bond acceptors (Lipinski definition) is 3. The standard InChI is InChI=1S/C11H20N2O3/c1-3-12(8-11(15)16)7-10(14)13(4-2)9-5-6-9/h9H,3-8H2,1-2H3,(H,15,16). The zero-order chi connectivity index (χ0) is 12.1. The molecule has 5 nitrogen and oxygen atoms in total.